The number of aromatic nitrogens is 2. The smallest absolute Gasteiger partial charge is 0.138 e. The highest BCUT2D eigenvalue weighted by atomic mass is 16.1. The van der Waals surface area contributed by atoms with Crippen molar-refractivity contribution in [1.82, 2.24) is 15.3 Å². The lowest BCUT2D eigenvalue weighted by Gasteiger charge is -2.20. The van der Waals surface area contributed by atoms with E-state index in [9.17, 15) is 4.79 Å². The minimum atomic E-state index is 0.0612. The molecule has 0 saturated carbocycles. The number of ketones is 1. The Kier molecular flexibility index (Phi) is 2.84. The lowest BCUT2D eigenvalue weighted by atomic mass is 9.94. The third kappa shape index (κ3) is 2.14. The van der Waals surface area contributed by atoms with Crippen LogP contribution >= 0.6 is 0 Å². The molecule has 1 aliphatic heterocycles. The monoisotopic (exact) mass is 191 g/mol. The van der Waals surface area contributed by atoms with Gasteiger partial charge in [0.2, 0.25) is 0 Å². The van der Waals surface area contributed by atoms with Crippen LogP contribution in [0.25, 0.3) is 0 Å². The van der Waals surface area contributed by atoms with E-state index < -0.39 is 0 Å². The van der Waals surface area contributed by atoms with Crippen molar-refractivity contribution in [1.29, 1.82) is 0 Å². The maximum Gasteiger partial charge on any atom is 0.138 e. The summed E-state index contributed by atoms with van der Waals surface area (Å²) in [6.07, 6.45) is 4.72. The Labute approximate surface area is 82.8 Å². The molecule has 0 spiro atoms. The Balaban J connectivity index is 2.00. The largest absolute Gasteiger partial charge is 0.316 e. The van der Waals surface area contributed by atoms with E-state index in [1.165, 1.54) is 0 Å². The van der Waals surface area contributed by atoms with Crippen molar-refractivity contribution in [3.8, 4) is 0 Å². The molecule has 1 saturated heterocycles. The summed E-state index contributed by atoms with van der Waals surface area (Å²) in [5, 5.41) is 3.21. The van der Waals surface area contributed by atoms with Gasteiger partial charge in [0, 0.05) is 44.2 Å². The second-order valence-corrected chi connectivity index (χ2v) is 3.49. The molecule has 1 aromatic rings. The molecular weight excluding hydrogens is 178 g/mol. The van der Waals surface area contributed by atoms with Gasteiger partial charge < -0.3 is 5.32 Å². The van der Waals surface area contributed by atoms with Gasteiger partial charge in [-0.2, -0.15) is 0 Å². The Morgan fingerprint density at radius 3 is 2.93 bits per heavy atom. The number of nitrogens with zero attached hydrogens (tertiary/aromatic N) is 2. The molecule has 4 heteroatoms. The quantitative estimate of drug-likeness (QED) is 0.725. The first-order valence-electron chi connectivity index (χ1n) is 4.85. The highest BCUT2D eigenvalue weighted by molar-refractivity contribution is 5.82. The standard InChI is InChI=1S/C10H13N3O/c14-9-2-5-11-7-8(9)6-10-12-3-1-4-13-10/h1,3-4,8,11H,2,5-7H2. The highest BCUT2D eigenvalue weighted by Crippen LogP contribution is 2.10. The second kappa shape index (κ2) is 4.28. The van der Waals surface area contributed by atoms with Crippen LogP contribution in [0.5, 0.6) is 0 Å². The number of hydrogen-bond acceptors (Lipinski definition) is 4. The summed E-state index contributed by atoms with van der Waals surface area (Å²) in [5.41, 5.74) is 0. The van der Waals surface area contributed by atoms with Crippen LogP contribution in [0.3, 0.4) is 0 Å². The fourth-order valence-electron chi connectivity index (χ4n) is 1.65. The first-order valence-corrected chi connectivity index (χ1v) is 4.85. The molecule has 1 unspecified atom stereocenters. The van der Waals surface area contributed by atoms with E-state index in [0.717, 1.165) is 18.9 Å². The molecule has 1 N–H and O–H groups in total. The van der Waals surface area contributed by atoms with Gasteiger partial charge in [-0.1, -0.05) is 0 Å². The zero-order chi connectivity index (χ0) is 9.80. The summed E-state index contributed by atoms with van der Waals surface area (Å²) < 4.78 is 0. The molecule has 2 rings (SSSR count). The summed E-state index contributed by atoms with van der Waals surface area (Å²) >= 11 is 0. The number of hydrogen-bond donors (Lipinski definition) is 1. The van der Waals surface area contributed by atoms with Crippen molar-refractivity contribution >= 4 is 5.78 Å². The van der Waals surface area contributed by atoms with Crippen LogP contribution in [-0.2, 0) is 11.2 Å². The van der Waals surface area contributed by atoms with Gasteiger partial charge in [-0.15, -0.1) is 0 Å². The molecule has 2 heterocycles. The van der Waals surface area contributed by atoms with E-state index in [2.05, 4.69) is 15.3 Å². The number of Topliss-reactive ketones (excluding diaryl/α,β-unsaturated/α-hetero) is 1. The lowest BCUT2D eigenvalue weighted by Crippen LogP contribution is -2.38. The van der Waals surface area contributed by atoms with Crippen LogP contribution < -0.4 is 5.32 Å². The van der Waals surface area contributed by atoms with E-state index in [1.54, 1.807) is 18.5 Å². The molecule has 0 amide bonds. The maximum absolute atomic E-state index is 11.5. The van der Waals surface area contributed by atoms with Gasteiger partial charge in [0.15, 0.2) is 0 Å². The molecule has 1 aliphatic rings. The topological polar surface area (TPSA) is 54.9 Å². The van der Waals surface area contributed by atoms with Gasteiger partial charge in [0.25, 0.3) is 0 Å². The van der Waals surface area contributed by atoms with Crippen molar-refractivity contribution in [2.24, 2.45) is 5.92 Å². The predicted molar refractivity (Wildman–Crippen MR) is 51.7 cm³/mol. The zero-order valence-electron chi connectivity index (χ0n) is 7.94. The molecule has 0 aromatic carbocycles. The van der Waals surface area contributed by atoms with Crippen molar-refractivity contribution in [2.45, 2.75) is 12.8 Å². The summed E-state index contributed by atoms with van der Waals surface area (Å²) in [7, 11) is 0. The molecular formula is C10H13N3O. The summed E-state index contributed by atoms with van der Waals surface area (Å²) in [6.45, 7) is 1.57. The third-order valence-electron chi connectivity index (χ3n) is 2.44. The zero-order valence-corrected chi connectivity index (χ0v) is 7.94. The average Bonchev–Trinajstić information content (AvgIpc) is 2.23. The Bertz CT molecular complexity index is 312. The van der Waals surface area contributed by atoms with E-state index in [-0.39, 0.29) is 5.92 Å². The van der Waals surface area contributed by atoms with Gasteiger partial charge in [0.1, 0.15) is 11.6 Å². The number of carbonyl (C=O) groups excluding carboxylic acids is 1. The SMILES string of the molecule is O=C1CCNCC1Cc1ncccn1. The minimum Gasteiger partial charge on any atom is -0.316 e. The molecule has 4 nitrogen and oxygen atoms in total. The normalized spacial score (nSPS) is 22.3. The molecule has 1 fully saturated rings. The molecule has 14 heavy (non-hydrogen) atoms. The number of piperidine rings is 1. The Morgan fingerprint density at radius 2 is 2.21 bits per heavy atom. The van der Waals surface area contributed by atoms with E-state index in [0.29, 0.717) is 18.6 Å². The maximum atomic E-state index is 11.5. The second-order valence-electron chi connectivity index (χ2n) is 3.49. The van der Waals surface area contributed by atoms with Gasteiger partial charge in [-0.05, 0) is 6.07 Å². The average molecular weight is 191 g/mol. The third-order valence-corrected chi connectivity index (χ3v) is 2.44. The highest BCUT2D eigenvalue weighted by Gasteiger charge is 2.22. The predicted octanol–water partition coefficient (Wildman–Crippen LogP) is 0.198. The summed E-state index contributed by atoms with van der Waals surface area (Å²) in [4.78, 5) is 19.7. The van der Waals surface area contributed by atoms with Gasteiger partial charge in [-0.3, -0.25) is 4.79 Å². The summed E-state index contributed by atoms with van der Waals surface area (Å²) in [5.74, 6) is 1.15. The summed E-state index contributed by atoms with van der Waals surface area (Å²) in [6, 6.07) is 1.78. The molecule has 0 bridgehead atoms. The van der Waals surface area contributed by atoms with E-state index >= 15 is 0 Å². The van der Waals surface area contributed by atoms with Crippen LogP contribution in [0.2, 0.25) is 0 Å². The lowest BCUT2D eigenvalue weighted by molar-refractivity contribution is -0.123. The van der Waals surface area contributed by atoms with E-state index in [1.807, 2.05) is 0 Å². The molecule has 0 radical (unpaired) electrons. The number of carbonyl (C=O) groups is 1. The van der Waals surface area contributed by atoms with Crippen LogP contribution in [0.4, 0.5) is 0 Å². The molecule has 1 aromatic heterocycles. The Hall–Kier alpha value is -1.29. The van der Waals surface area contributed by atoms with Crippen LogP contribution in [0.15, 0.2) is 18.5 Å². The van der Waals surface area contributed by atoms with Crippen molar-refractivity contribution in [3.63, 3.8) is 0 Å². The van der Waals surface area contributed by atoms with Crippen molar-refractivity contribution in [3.05, 3.63) is 24.3 Å². The fraction of sp³-hybridized carbons (Fsp3) is 0.500. The van der Waals surface area contributed by atoms with Crippen LogP contribution in [0.1, 0.15) is 12.2 Å². The van der Waals surface area contributed by atoms with Crippen molar-refractivity contribution in [2.75, 3.05) is 13.1 Å². The van der Waals surface area contributed by atoms with Gasteiger partial charge in [-0.25, -0.2) is 9.97 Å². The number of nitrogens with one attached hydrogen (secondary N) is 1. The van der Waals surface area contributed by atoms with Gasteiger partial charge in [0.05, 0.1) is 0 Å². The first kappa shape index (κ1) is 9.27. The van der Waals surface area contributed by atoms with Crippen LogP contribution in [-0.4, -0.2) is 28.8 Å². The molecule has 1 atom stereocenters. The van der Waals surface area contributed by atoms with E-state index in [4.69, 9.17) is 0 Å². The first-order chi connectivity index (χ1) is 6.86. The van der Waals surface area contributed by atoms with Crippen molar-refractivity contribution < 1.29 is 4.79 Å². The minimum absolute atomic E-state index is 0.0612. The van der Waals surface area contributed by atoms with Crippen LogP contribution in [0, 0.1) is 5.92 Å². The Morgan fingerprint density at radius 1 is 1.43 bits per heavy atom. The fourth-order valence-corrected chi connectivity index (χ4v) is 1.65. The van der Waals surface area contributed by atoms with Gasteiger partial charge >= 0.3 is 0 Å². The molecule has 0 aliphatic carbocycles. The number of rotatable bonds is 2. The molecule has 74 valence electrons.